The number of aliphatic hydroxyl groups excluding tert-OH is 1. The topological polar surface area (TPSA) is 282 Å². The molecule has 1 aliphatic heterocycles. The SMILES string of the molecule is CCC(CO)OC(COC(=O)NCCC(=O)N[C@@H](C)C(=O)OCCCNCC(=O)[C@H](Cc1ccccc1)NC(=O)[C@H](C)[C@@H](OC)[C@@H]1CCCN1C(=O)C[C@@H](OC)[C@H]([C@@H](C)CC)N(C)C(=O)[C@@H](NC(=O)[C@H](C(C)C)N(C)C)C(C)C)OC. The number of alkyl carbamates (subject to hydrolysis) is 1. The Labute approximate surface area is 481 Å². The minimum Gasteiger partial charge on any atom is -0.464 e. The first-order valence-electron chi connectivity index (χ1n) is 28.7. The standard InChI is InChI=1S/C58H100N8O15/c1-16-38(7)52(65(12)56(73)50(36(3)4)63-55(72)51(37(5)6)64(10)11)46(76-13)32-48(70)66-29-21-25-44(66)53(78-15)39(8)54(71)62-43(31-41-23-19-18-20-24-41)45(68)33-59-27-22-30-79-57(74)40(9)61-47(69)26-28-60-58(75)80-35-49(77-14)81-42(17-2)34-67/h18-20,23-24,36-40,42-44,46,49-53,59,67H,16-17,21-22,25-35H2,1-15H3,(H,60,75)(H,61,69)(H,62,71)(H,63,72)/t38-,39+,40-,42?,43-,44-,46+,49?,50-,51-,52-,53+/m0/s1. The quantitative estimate of drug-likeness (QED) is 0.0314. The molecule has 1 fully saturated rings. The van der Waals surface area contributed by atoms with E-state index in [1.807, 2.05) is 97.8 Å². The maximum atomic E-state index is 14.5. The van der Waals surface area contributed by atoms with Crippen molar-refractivity contribution in [2.45, 2.75) is 175 Å². The van der Waals surface area contributed by atoms with E-state index in [0.29, 0.717) is 45.2 Å². The fourth-order valence-corrected chi connectivity index (χ4v) is 10.1. The third kappa shape index (κ3) is 23.8. The lowest BCUT2D eigenvalue weighted by molar-refractivity contribution is -0.181. The average molecular weight is 1150 g/mol. The van der Waals surface area contributed by atoms with Crippen LogP contribution in [0.2, 0.25) is 0 Å². The summed E-state index contributed by atoms with van der Waals surface area (Å²) >= 11 is 0. The molecule has 6 amide bonds. The van der Waals surface area contributed by atoms with Gasteiger partial charge in [-0.25, -0.2) is 9.59 Å². The number of methoxy groups -OCH3 is 3. The van der Waals surface area contributed by atoms with Gasteiger partial charge >= 0.3 is 12.1 Å². The summed E-state index contributed by atoms with van der Waals surface area (Å²) in [4.78, 5) is 113. The summed E-state index contributed by atoms with van der Waals surface area (Å²) in [7, 11) is 9.79. The van der Waals surface area contributed by atoms with Crippen LogP contribution < -0.4 is 26.6 Å². The first-order chi connectivity index (χ1) is 38.4. The van der Waals surface area contributed by atoms with Gasteiger partial charge in [0.1, 0.15) is 18.7 Å². The number of likely N-dealkylation sites (tertiary alicyclic amines) is 1. The Morgan fingerprint density at radius 1 is 0.802 bits per heavy atom. The van der Waals surface area contributed by atoms with E-state index in [4.69, 9.17) is 28.4 Å². The highest BCUT2D eigenvalue weighted by atomic mass is 16.7. The molecule has 12 atom stereocenters. The Morgan fingerprint density at radius 3 is 2.05 bits per heavy atom. The molecule has 0 saturated carbocycles. The summed E-state index contributed by atoms with van der Waals surface area (Å²) in [5.41, 5.74) is 0.832. The third-order valence-electron chi connectivity index (χ3n) is 14.9. The highest BCUT2D eigenvalue weighted by Gasteiger charge is 2.43. The predicted molar refractivity (Wildman–Crippen MR) is 305 cm³/mol. The van der Waals surface area contributed by atoms with Gasteiger partial charge in [0.05, 0.1) is 74.6 Å². The Morgan fingerprint density at radius 2 is 1.48 bits per heavy atom. The number of ether oxygens (including phenoxy) is 6. The van der Waals surface area contributed by atoms with Gasteiger partial charge in [0, 0.05) is 47.9 Å². The van der Waals surface area contributed by atoms with E-state index in [0.717, 1.165) is 5.56 Å². The van der Waals surface area contributed by atoms with E-state index < -0.39 is 90.6 Å². The van der Waals surface area contributed by atoms with Crippen LogP contribution in [0.5, 0.6) is 0 Å². The van der Waals surface area contributed by atoms with Gasteiger partial charge in [-0.3, -0.25) is 33.7 Å². The van der Waals surface area contributed by atoms with Gasteiger partial charge in [-0.1, -0.05) is 92.1 Å². The normalized spacial score (nSPS) is 17.6. The second-order valence-electron chi connectivity index (χ2n) is 22.0. The van der Waals surface area contributed by atoms with Gasteiger partial charge in [0.15, 0.2) is 12.1 Å². The van der Waals surface area contributed by atoms with Crippen LogP contribution in [0.1, 0.15) is 113 Å². The molecule has 1 aromatic rings. The molecule has 1 aliphatic rings. The number of carbonyl (C=O) groups is 8. The first-order valence-corrected chi connectivity index (χ1v) is 28.7. The van der Waals surface area contributed by atoms with Crippen molar-refractivity contribution in [3.05, 3.63) is 35.9 Å². The summed E-state index contributed by atoms with van der Waals surface area (Å²) in [6.07, 6.45) is -0.758. The van der Waals surface area contributed by atoms with Gasteiger partial charge in [-0.15, -0.1) is 0 Å². The van der Waals surface area contributed by atoms with Crippen LogP contribution in [0.3, 0.4) is 0 Å². The molecule has 23 nitrogen and oxygen atoms in total. The molecular formula is C58H100N8O15. The van der Waals surface area contributed by atoms with Crippen molar-refractivity contribution in [1.29, 1.82) is 0 Å². The molecule has 1 saturated heterocycles. The van der Waals surface area contributed by atoms with Crippen LogP contribution >= 0.6 is 0 Å². The largest absolute Gasteiger partial charge is 0.464 e. The lowest BCUT2D eigenvalue weighted by atomic mass is 9.89. The highest BCUT2D eigenvalue weighted by Crippen LogP contribution is 2.30. The number of hydrogen-bond donors (Lipinski definition) is 6. The number of Topliss-reactive ketones (excluding diaryl/α,β-unsaturated/α-hetero) is 1. The number of amides is 6. The Kier molecular flexibility index (Phi) is 33.4. The van der Waals surface area contributed by atoms with Gasteiger partial charge in [-0.05, 0) is 83.0 Å². The number of rotatable bonds is 39. The summed E-state index contributed by atoms with van der Waals surface area (Å²) < 4.78 is 33.1. The number of benzene rings is 1. The van der Waals surface area contributed by atoms with Crippen LogP contribution in [-0.4, -0.2) is 217 Å². The van der Waals surface area contributed by atoms with Gasteiger partial charge in [0.25, 0.3) is 0 Å². The second-order valence-corrected chi connectivity index (χ2v) is 22.0. The number of nitrogens with zero attached hydrogens (tertiary/aromatic N) is 3. The second kappa shape index (κ2) is 37.7. The fraction of sp³-hybridized carbons (Fsp3) is 0.759. The van der Waals surface area contributed by atoms with E-state index in [1.165, 1.54) is 28.3 Å². The van der Waals surface area contributed by atoms with Crippen LogP contribution in [0.25, 0.3) is 0 Å². The Hall–Kier alpha value is -5.30. The zero-order valence-electron chi connectivity index (χ0n) is 51.1. The van der Waals surface area contributed by atoms with Crippen molar-refractivity contribution in [3.8, 4) is 0 Å². The monoisotopic (exact) mass is 1150 g/mol. The number of aliphatic hydroxyl groups is 1. The summed E-state index contributed by atoms with van der Waals surface area (Å²) in [6, 6.07) is 5.16. The molecule has 23 heteroatoms. The lowest BCUT2D eigenvalue weighted by Crippen LogP contribution is -2.59. The molecule has 81 heavy (non-hydrogen) atoms. The number of likely N-dealkylation sites (N-methyl/N-ethyl adjacent to an activating group) is 2. The van der Waals surface area contributed by atoms with Gasteiger partial charge in [-0.2, -0.15) is 0 Å². The minimum atomic E-state index is -0.977. The predicted octanol–water partition coefficient (Wildman–Crippen LogP) is 2.83. The molecular weight excluding hydrogens is 1050 g/mol. The number of carbonyl (C=O) groups excluding carboxylic acids is 8. The van der Waals surface area contributed by atoms with Crippen molar-refractivity contribution < 1.29 is 71.9 Å². The molecule has 462 valence electrons. The summed E-state index contributed by atoms with van der Waals surface area (Å²) in [5.74, 6) is -3.69. The van der Waals surface area contributed by atoms with Crippen molar-refractivity contribution in [3.63, 3.8) is 0 Å². The smallest absolute Gasteiger partial charge is 0.407 e. The molecule has 0 spiro atoms. The van der Waals surface area contributed by atoms with Crippen molar-refractivity contribution in [2.24, 2.45) is 23.7 Å². The van der Waals surface area contributed by atoms with Crippen molar-refractivity contribution >= 4 is 47.4 Å². The first kappa shape index (κ1) is 71.8. The third-order valence-corrected chi connectivity index (χ3v) is 14.9. The zero-order valence-corrected chi connectivity index (χ0v) is 51.1. The number of hydrogen-bond acceptors (Lipinski definition) is 17. The van der Waals surface area contributed by atoms with Gasteiger partial charge in [0.2, 0.25) is 29.5 Å². The maximum Gasteiger partial charge on any atom is 0.407 e. The van der Waals surface area contributed by atoms with Gasteiger partial charge < -0.3 is 69.9 Å². The average Bonchev–Trinajstić information content (AvgIpc) is 3.93. The number of nitrogens with one attached hydrogen (secondary N) is 5. The van der Waals surface area contributed by atoms with Crippen LogP contribution in [0.4, 0.5) is 4.79 Å². The molecule has 0 aliphatic carbocycles. The molecule has 0 radical (unpaired) electrons. The van der Waals surface area contributed by atoms with Crippen LogP contribution in [0.15, 0.2) is 30.3 Å². The lowest BCUT2D eigenvalue weighted by Gasteiger charge is -2.41. The Balaban J connectivity index is 2.04. The van der Waals surface area contributed by atoms with E-state index in [9.17, 15) is 43.5 Å². The zero-order chi connectivity index (χ0) is 60.9. The van der Waals surface area contributed by atoms with Crippen molar-refractivity contribution in [1.82, 2.24) is 41.3 Å². The summed E-state index contributed by atoms with van der Waals surface area (Å²) in [6.45, 7) is 16.9. The maximum absolute atomic E-state index is 14.5. The number of esters is 1. The van der Waals surface area contributed by atoms with Crippen molar-refractivity contribution in [2.75, 3.05) is 88.5 Å². The molecule has 6 N–H and O–H groups in total. The Bertz CT molecular complexity index is 2070. The molecule has 1 heterocycles. The summed E-state index contributed by atoms with van der Waals surface area (Å²) in [5, 5.41) is 23.4. The molecule has 2 unspecified atom stereocenters. The van der Waals surface area contributed by atoms with Crippen LogP contribution in [0, 0.1) is 23.7 Å². The van der Waals surface area contributed by atoms with Crippen LogP contribution in [-0.2, 0) is 68.4 Å². The molecule has 0 bridgehead atoms. The van der Waals surface area contributed by atoms with E-state index in [-0.39, 0.29) is 93.4 Å². The van der Waals surface area contributed by atoms with E-state index >= 15 is 0 Å². The molecule has 2 rings (SSSR count). The van der Waals surface area contributed by atoms with E-state index in [2.05, 4.69) is 26.6 Å². The van der Waals surface area contributed by atoms with E-state index in [1.54, 1.807) is 23.8 Å². The molecule has 0 aromatic heterocycles. The number of ketones is 1. The fourth-order valence-electron chi connectivity index (χ4n) is 10.1. The molecule has 1 aromatic carbocycles. The highest BCUT2D eigenvalue weighted by molar-refractivity contribution is 5.92. The minimum absolute atomic E-state index is 0.00465.